The Kier molecular flexibility index (Phi) is 4.23. The quantitative estimate of drug-likeness (QED) is 0.754. The average molecular weight is 313 g/mol. The van der Waals surface area contributed by atoms with E-state index in [-0.39, 0.29) is 24.0 Å². The summed E-state index contributed by atoms with van der Waals surface area (Å²) in [6, 6.07) is 13.4. The summed E-state index contributed by atoms with van der Waals surface area (Å²) in [6.45, 7) is 0.397. The molecule has 2 aromatic carbocycles. The molecule has 1 amide bonds. The van der Waals surface area contributed by atoms with E-state index >= 15 is 0 Å². The number of para-hydroxylation sites is 2. The number of imidazole rings is 1. The standard InChI is InChI=1S/C17H16FN3O2/c18-13-7-5-12(6-8-13)9-10-19-16(22)11-21-15-4-2-1-3-14(15)20-17(21)23/h1-8H,9-11H2,(H,19,22)(H,20,23). The molecule has 118 valence electrons. The maximum absolute atomic E-state index is 12.8. The summed E-state index contributed by atoms with van der Waals surface area (Å²) >= 11 is 0. The SMILES string of the molecule is O=C(Cn1c(=O)[nH]c2ccccc21)NCCc1ccc(F)cc1. The van der Waals surface area contributed by atoms with Crippen LogP contribution in [-0.2, 0) is 17.8 Å². The number of aromatic amines is 1. The number of benzene rings is 2. The predicted octanol–water partition coefficient (Wildman–Crippen LogP) is 1.83. The molecule has 0 unspecified atom stereocenters. The van der Waals surface area contributed by atoms with Gasteiger partial charge in [-0.1, -0.05) is 24.3 Å². The van der Waals surface area contributed by atoms with Crippen molar-refractivity contribution < 1.29 is 9.18 Å². The molecule has 0 saturated heterocycles. The van der Waals surface area contributed by atoms with Crippen LogP contribution in [0.25, 0.3) is 11.0 Å². The molecule has 5 nitrogen and oxygen atoms in total. The van der Waals surface area contributed by atoms with Gasteiger partial charge in [0.05, 0.1) is 11.0 Å². The van der Waals surface area contributed by atoms with Crippen LogP contribution in [0.3, 0.4) is 0 Å². The molecule has 1 heterocycles. The van der Waals surface area contributed by atoms with E-state index in [4.69, 9.17) is 0 Å². The molecule has 3 aromatic rings. The Labute approximate surface area is 131 Å². The summed E-state index contributed by atoms with van der Waals surface area (Å²) < 4.78 is 14.2. The van der Waals surface area contributed by atoms with Gasteiger partial charge < -0.3 is 10.3 Å². The summed E-state index contributed by atoms with van der Waals surface area (Å²) in [5, 5.41) is 2.77. The molecule has 0 fully saturated rings. The molecule has 6 heteroatoms. The van der Waals surface area contributed by atoms with Crippen LogP contribution in [-0.4, -0.2) is 22.0 Å². The molecule has 0 radical (unpaired) electrons. The Morgan fingerprint density at radius 3 is 2.65 bits per heavy atom. The lowest BCUT2D eigenvalue weighted by Crippen LogP contribution is -2.32. The van der Waals surface area contributed by atoms with Gasteiger partial charge in [0.25, 0.3) is 0 Å². The third kappa shape index (κ3) is 3.48. The van der Waals surface area contributed by atoms with E-state index in [9.17, 15) is 14.0 Å². The largest absolute Gasteiger partial charge is 0.354 e. The molecular formula is C17H16FN3O2. The number of H-pyrrole nitrogens is 1. The van der Waals surface area contributed by atoms with Crippen molar-refractivity contribution in [2.24, 2.45) is 0 Å². The Balaban J connectivity index is 1.59. The van der Waals surface area contributed by atoms with E-state index in [1.54, 1.807) is 24.3 Å². The minimum absolute atomic E-state index is 0.0355. The zero-order valence-corrected chi connectivity index (χ0v) is 12.4. The second-order valence-corrected chi connectivity index (χ2v) is 5.26. The van der Waals surface area contributed by atoms with Crippen LogP contribution in [0, 0.1) is 5.82 Å². The van der Waals surface area contributed by atoms with Crippen molar-refractivity contribution in [2.45, 2.75) is 13.0 Å². The number of carbonyl (C=O) groups excluding carboxylic acids is 1. The number of nitrogens with one attached hydrogen (secondary N) is 2. The smallest absolute Gasteiger partial charge is 0.326 e. The van der Waals surface area contributed by atoms with Crippen molar-refractivity contribution in [3.63, 3.8) is 0 Å². The van der Waals surface area contributed by atoms with Gasteiger partial charge in [0, 0.05) is 6.54 Å². The van der Waals surface area contributed by atoms with Gasteiger partial charge in [0.1, 0.15) is 12.4 Å². The first-order valence-electron chi connectivity index (χ1n) is 7.32. The first kappa shape index (κ1) is 15.0. The third-order valence-electron chi connectivity index (χ3n) is 3.63. The average Bonchev–Trinajstić information content (AvgIpc) is 2.85. The van der Waals surface area contributed by atoms with Crippen molar-refractivity contribution in [1.29, 1.82) is 0 Å². The van der Waals surface area contributed by atoms with Gasteiger partial charge in [-0.2, -0.15) is 0 Å². The highest BCUT2D eigenvalue weighted by molar-refractivity contribution is 5.80. The third-order valence-corrected chi connectivity index (χ3v) is 3.63. The zero-order valence-electron chi connectivity index (χ0n) is 12.4. The molecule has 1 aromatic heterocycles. The summed E-state index contributed by atoms with van der Waals surface area (Å²) in [5.41, 5.74) is 2.04. The second kappa shape index (κ2) is 6.48. The molecular weight excluding hydrogens is 297 g/mol. The van der Waals surface area contributed by atoms with Gasteiger partial charge in [0.2, 0.25) is 5.91 Å². The maximum atomic E-state index is 12.8. The highest BCUT2D eigenvalue weighted by atomic mass is 19.1. The van der Waals surface area contributed by atoms with Crippen LogP contribution >= 0.6 is 0 Å². The fourth-order valence-corrected chi connectivity index (χ4v) is 2.46. The first-order chi connectivity index (χ1) is 11.1. The lowest BCUT2D eigenvalue weighted by molar-refractivity contribution is -0.121. The van der Waals surface area contributed by atoms with Crippen molar-refractivity contribution >= 4 is 16.9 Å². The Morgan fingerprint density at radius 2 is 1.87 bits per heavy atom. The van der Waals surface area contributed by atoms with Gasteiger partial charge in [-0.05, 0) is 36.2 Å². The molecule has 0 aliphatic heterocycles. The predicted molar refractivity (Wildman–Crippen MR) is 85.7 cm³/mol. The topological polar surface area (TPSA) is 66.9 Å². The Bertz CT molecular complexity index is 881. The summed E-state index contributed by atoms with van der Waals surface area (Å²) in [6.07, 6.45) is 0.606. The molecule has 3 rings (SSSR count). The fourth-order valence-electron chi connectivity index (χ4n) is 2.46. The molecule has 0 aliphatic carbocycles. The van der Waals surface area contributed by atoms with E-state index in [2.05, 4.69) is 10.3 Å². The molecule has 0 saturated carbocycles. The molecule has 2 N–H and O–H groups in total. The number of amides is 1. The number of aromatic nitrogens is 2. The van der Waals surface area contributed by atoms with Crippen LogP contribution in [0.15, 0.2) is 53.3 Å². The van der Waals surface area contributed by atoms with Crippen LogP contribution in [0.1, 0.15) is 5.56 Å². The van der Waals surface area contributed by atoms with E-state index in [0.717, 1.165) is 5.56 Å². The van der Waals surface area contributed by atoms with Crippen molar-refractivity contribution in [3.8, 4) is 0 Å². The Hall–Kier alpha value is -2.89. The van der Waals surface area contributed by atoms with Crippen molar-refractivity contribution in [2.75, 3.05) is 6.54 Å². The summed E-state index contributed by atoms with van der Waals surface area (Å²) in [4.78, 5) is 26.6. The number of carbonyl (C=O) groups is 1. The highest BCUT2D eigenvalue weighted by Gasteiger charge is 2.09. The van der Waals surface area contributed by atoms with Gasteiger partial charge in [0.15, 0.2) is 0 Å². The first-order valence-corrected chi connectivity index (χ1v) is 7.32. The lowest BCUT2D eigenvalue weighted by atomic mass is 10.1. The number of hydrogen-bond acceptors (Lipinski definition) is 2. The monoisotopic (exact) mass is 313 g/mol. The zero-order chi connectivity index (χ0) is 16.2. The van der Waals surface area contributed by atoms with Crippen molar-refractivity contribution in [1.82, 2.24) is 14.9 Å². The molecule has 0 aliphatic rings. The maximum Gasteiger partial charge on any atom is 0.326 e. The summed E-state index contributed by atoms with van der Waals surface area (Å²) in [5.74, 6) is -0.518. The van der Waals surface area contributed by atoms with E-state index in [0.29, 0.717) is 24.0 Å². The highest BCUT2D eigenvalue weighted by Crippen LogP contribution is 2.08. The van der Waals surface area contributed by atoms with Crippen LogP contribution < -0.4 is 11.0 Å². The van der Waals surface area contributed by atoms with Crippen LogP contribution in [0.2, 0.25) is 0 Å². The number of rotatable bonds is 5. The van der Waals surface area contributed by atoms with Gasteiger partial charge >= 0.3 is 5.69 Å². The number of halogens is 1. The van der Waals surface area contributed by atoms with Gasteiger partial charge in [-0.15, -0.1) is 0 Å². The fraction of sp³-hybridized carbons (Fsp3) is 0.176. The lowest BCUT2D eigenvalue weighted by Gasteiger charge is -2.06. The molecule has 0 spiro atoms. The number of fused-ring (bicyclic) bond motifs is 1. The van der Waals surface area contributed by atoms with Crippen molar-refractivity contribution in [3.05, 3.63) is 70.4 Å². The van der Waals surface area contributed by atoms with E-state index < -0.39 is 0 Å². The van der Waals surface area contributed by atoms with Gasteiger partial charge in [-0.25, -0.2) is 9.18 Å². The summed E-state index contributed by atoms with van der Waals surface area (Å²) in [7, 11) is 0. The minimum atomic E-state index is -0.306. The van der Waals surface area contributed by atoms with E-state index in [1.807, 2.05) is 12.1 Å². The normalized spacial score (nSPS) is 10.8. The van der Waals surface area contributed by atoms with E-state index in [1.165, 1.54) is 16.7 Å². The van der Waals surface area contributed by atoms with Crippen LogP contribution in [0.5, 0.6) is 0 Å². The minimum Gasteiger partial charge on any atom is -0.354 e. The van der Waals surface area contributed by atoms with Gasteiger partial charge in [-0.3, -0.25) is 9.36 Å². The molecule has 0 bridgehead atoms. The molecule has 0 atom stereocenters. The van der Waals surface area contributed by atoms with Crippen LogP contribution in [0.4, 0.5) is 4.39 Å². The Morgan fingerprint density at radius 1 is 1.13 bits per heavy atom. The molecule has 23 heavy (non-hydrogen) atoms. The number of nitrogens with zero attached hydrogens (tertiary/aromatic N) is 1. The second-order valence-electron chi connectivity index (χ2n) is 5.26. The number of hydrogen-bond donors (Lipinski definition) is 2.